The van der Waals surface area contributed by atoms with Crippen LogP contribution in [0.2, 0.25) is 0 Å². The van der Waals surface area contributed by atoms with Gasteiger partial charge in [-0.05, 0) is 18.9 Å². The number of nitrogens with zero attached hydrogens (tertiary/aromatic N) is 2. The zero-order chi connectivity index (χ0) is 18.1. The zero-order valence-corrected chi connectivity index (χ0v) is 13.0. The van der Waals surface area contributed by atoms with E-state index in [9.17, 15) is 33.2 Å². The molecule has 1 saturated carbocycles. The van der Waals surface area contributed by atoms with E-state index < -0.39 is 39.4 Å². The molecule has 6 nitrogen and oxygen atoms in total. The third-order valence-electron chi connectivity index (χ3n) is 4.12. The number of nitro groups is 1. The van der Waals surface area contributed by atoms with Gasteiger partial charge in [0.05, 0.1) is 16.1 Å². The molecule has 0 heterocycles. The SMILES string of the molecule is CN(CC1(O)CCCC1)C(=O)c1cc([N+](=O)[O-])cc(C(F)(F)F)c1. The van der Waals surface area contributed by atoms with Crippen LogP contribution in [0.1, 0.15) is 41.6 Å². The maximum Gasteiger partial charge on any atom is 0.416 e. The summed E-state index contributed by atoms with van der Waals surface area (Å²) in [5, 5.41) is 21.1. The van der Waals surface area contributed by atoms with Gasteiger partial charge in [-0.3, -0.25) is 14.9 Å². The second kappa shape index (κ2) is 6.39. The van der Waals surface area contributed by atoms with Gasteiger partial charge in [0, 0.05) is 31.3 Å². The molecule has 132 valence electrons. The Morgan fingerprint density at radius 1 is 1.33 bits per heavy atom. The van der Waals surface area contributed by atoms with Crippen molar-refractivity contribution in [2.45, 2.75) is 37.5 Å². The number of hydrogen-bond donors (Lipinski definition) is 1. The summed E-state index contributed by atoms with van der Waals surface area (Å²) in [6.45, 7) is -0.0319. The van der Waals surface area contributed by atoms with Crippen LogP contribution in [0, 0.1) is 10.1 Å². The number of hydrogen-bond acceptors (Lipinski definition) is 4. The molecule has 24 heavy (non-hydrogen) atoms. The van der Waals surface area contributed by atoms with Crippen LogP contribution in [0.15, 0.2) is 18.2 Å². The van der Waals surface area contributed by atoms with E-state index >= 15 is 0 Å². The predicted octanol–water partition coefficient (Wildman–Crippen LogP) is 2.99. The number of alkyl halides is 3. The van der Waals surface area contributed by atoms with E-state index in [2.05, 4.69) is 0 Å². The monoisotopic (exact) mass is 346 g/mol. The molecule has 1 aromatic rings. The Bertz CT molecular complexity index is 655. The lowest BCUT2D eigenvalue weighted by Crippen LogP contribution is -2.42. The summed E-state index contributed by atoms with van der Waals surface area (Å²) in [5.41, 5.74) is -3.55. The van der Waals surface area contributed by atoms with E-state index in [1.807, 2.05) is 0 Å². The molecule has 1 fully saturated rings. The van der Waals surface area contributed by atoms with Crippen LogP contribution < -0.4 is 0 Å². The predicted molar refractivity (Wildman–Crippen MR) is 78.5 cm³/mol. The molecule has 1 amide bonds. The molecule has 0 aliphatic heterocycles. The van der Waals surface area contributed by atoms with E-state index in [-0.39, 0.29) is 6.54 Å². The third-order valence-corrected chi connectivity index (χ3v) is 4.12. The summed E-state index contributed by atoms with van der Waals surface area (Å²) in [5.74, 6) is -0.801. The molecule has 0 aromatic heterocycles. The Morgan fingerprint density at radius 3 is 2.42 bits per heavy atom. The van der Waals surface area contributed by atoms with E-state index in [1.54, 1.807) is 0 Å². The number of likely N-dealkylation sites (N-methyl/N-ethyl adjacent to an activating group) is 1. The molecule has 1 aliphatic carbocycles. The van der Waals surface area contributed by atoms with Gasteiger partial charge in [-0.2, -0.15) is 13.2 Å². The van der Waals surface area contributed by atoms with E-state index in [0.29, 0.717) is 25.0 Å². The fraction of sp³-hybridized carbons (Fsp3) is 0.533. The lowest BCUT2D eigenvalue weighted by Gasteiger charge is -2.28. The third kappa shape index (κ3) is 4.02. The second-order valence-corrected chi connectivity index (χ2v) is 6.12. The first kappa shape index (κ1) is 18.2. The number of amides is 1. The van der Waals surface area contributed by atoms with Crippen molar-refractivity contribution in [2.24, 2.45) is 0 Å². The van der Waals surface area contributed by atoms with Gasteiger partial charge in [-0.25, -0.2) is 0 Å². The van der Waals surface area contributed by atoms with Gasteiger partial charge in [0.25, 0.3) is 11.6 Å². The maximum atomic E-state index is 12.9. The number of rotatable bonds is 4. The fourth-order valence-corrected chi connectivity index (χ4v) is 2.93. The average molecular weight is 346 g/mol. The highest BCUT2D eigenvalue weighted by Crippen LogP contribution is 2.34. The van der Waals surface area contributed by atoms with Crippen LogP contribution in [-0.4, -0.2) is 40.0 Å². The van der Waals surface area contributed by atoms with Crippen LogP contribution in [0.5, 0.6) is 0 Å². The van der Waals surface area contributed by atoms with Crippen molar-refractivity contribution in [2.75, 3.05) is 13.6 Å². The Morgan fingerprint density at radius 2 is 1.92 bits per heavy atom. The van der Waals surface area contributed by atoms with Crippen LogP contribution in [-0.2, 0) is 6.18 Å². The molecule has 0 saturated heterocycles. The largest absolute Gasteiger partial charge is 0.416 e. The quantitative estimate of drug-likeness (QED) is 0.671. The highest BCUT2D eigenvalue weighted by molar-refractivity contribution is 5.95. The minimum absolute atomic E-state index is 0.0319. The molecule has 2 rings (SSSR count). The van der Waals surface area contributed by atoms with Gasteiger partial charge < -0.3 is 10.0 Å². The van der Waals surface area contributed by atoms with Gasteiger partial charge in [-0.1, -0.05) is 12.8 Å². The highest BCUT2D eigenvalue weighted by atomic mass is 19.4. The fourth-order valence-electron chi connectivity index (χ4n) is 2.93. The molecular weight excluding hydrogens is 329 g/mol. The lowest BCUT2D eigenvalue weighted by atomic mass is 10.0. The van der Waals surface area contributed by atoms with Crippen LogP contribution >= 0.6 is 0 Å². The topological polar surface area (TPSA) is 83.7 Å². The molecule has 0 unspecified atom stereocenters. The van der Waals surface area contributed by atoms with Crippen molar-refractivity contribution in [1.82, 2.24) is 4.90 Å². The van der Waals surface area contributed by atoms with Crippen LogP contribution in [0.3, 0.4) is 0 Å². The van der Waals surface area contributed by atoms with Crippen molar-refractivity contribution in [1.29, 1.82) is 0 Å². The number of halogens is 3. The van der Waals surface area contributed by atoms with E-state index in [4.69, 9.17) is 0 Å². The summed E-state index contributed by atoms with van der Waals surface area (Å²) in [6, 6.07) is 1.79. The lowest BCUT2D eigenvalue weighted by molar-refractivity contribution is -0.385. The van der Waals surface area contributed by atoms with Gasteiger partial charge in [0.15, 0.2) is 0 Å². The van der Waals surface area contributed by atoms with Crippen molar-refractivity contribution in [3.8, 4) is 0 Å². The molecule has 0 radical (unpaired) electrons. The summed E-state index contributed by atoms with van der Waals surface area (Å²) < 4.78 is 38.6. The number of carbonyl (C=O) groups is 1. The number of benzene rings is 1. The summed E-state index contributed by atoms with van der Waals surface area (Å²) in [7, 11) is 1.35. The minimum atomic E-state index is -4.80. The normalized spacial score (nSPS) is 16.9. The van der Waals surface area contributed by atoms with Crippen molar-refractivity contribution in [3.05, 3.63) is 39.4 Å². The number of nitro benzene ring substituents is 1. The molecule has 1 aromatic carbocycles. The molecule has 9 heteroatoms. The number of carbonyl (C=O) groups excluding carboxylic acids is 1. The highest BCUT2D eigenvalue weighted by Gasteiger charge is 2.36. The number of aliphatic hydroxyl groups is 1. The zero-order valence-electron chi connectivity index (χ0n) is 13.0. The van der Waals surface area contributed by atoms with Crippen LogP contribution in [0.25, 0.3) is 0 Å². The van der Waals surface area contributed by atoms with Crippen LogP contribution in [0.4, 0.5) is 18.9 Å². The van der Waals surface area contributed by atoms with Gasteiger partial charge in [-0.15, -0.1) is 0 Å². The smallest absolute Gasteiger partial charge is 0.388 e. The minimum Gasteiger partial charge on any atom is -0.388 e. The Labute approximate surface area is 136 Å². The molecule has 0 atom stereocenters. The maximum absolute atomic E-state index is 12.9. The summed E-state index contributed by atoms with van der Waals surface area (Å²) >= 11 is 0. The molecule has 0 spiro atoms. The van der Waals surface area contributed by atoms with E-state index in [1.165, 1.54) is 7.05 Å². The van der Waals surface area contributed by atoms with Crippen molar-refractivity contribution in [3.63, 3.8) is 0 Å². The summed E-state index contributed by atoms with van der Waals surface area (Å²) in [4.78, 5) is 23.3. The van der Waals surface area contributed by atoms with Gasteiger partial charge in [0.2, 0.25) is 0 Å². The van der Waals surface area contributed by atoms with Gasteiger partial charge >= 0.3 is 6.18 Å². The standard InChI is InChI=1S/C15H17F3N2O4/c1-19(9-14(22)4-2-3-5-14)13(21)10-6-11(15(16,17)18)8-12(7-10)20(23)24/h6-8,22H,2-5,9H2,1H3. The first-order chi connectivity index (χ1) is 11.0. The van der Waals surface area contributed by atoms with E-state index in [0.717, 1.165) is 23.8 Å². The Hall–Kier alpha value is -2.16. The first-order valence-corrected chi connectivity index (χ1v) is 7.36. The molecule has 1 N–H and O–H groups in total. The van der Waals surface area contributed by atoms with Crippen molar-refractivity contribution >= 4 is 11.6 Å². The van der Waals surface area contributed by atoms with Crippen molar-refractivity contribution < 1.29 is 28.0 Å². The second-order valence-electron chi connectivity index (χ2n) is 6.12. The Balaban J connectivity index is 2.30. The molecular formula is C15H17F3N2O4. The molecule has 1 aliphatic rings. The van der Waals surface area contributed by atoms with Gasteiger partial charge in [0.1, 0.15) is 0 Å². The summed E-state index contributed by atoms with van der Waals surface area (Å²) in [6.07, 6.45) is -2.16. The first-order valence-electron chi connectivity index (χ1n) is 7.36. The molecule has 0 bridgehead atoms. The number of non-ortho nitro benzene ring substituents is 1. The Kier molecular flexibility index (Phi) is 4.84. The average Bonchev–Trinajstić information content (AvgIpc) is 2.91.